The van der Waals surface area contributed by atoms with Crippen molar-refractivity contribution in [2.24, 2.45) is 0 Å². The predicted molar refractivity (Wildman–Crippen MR) is 74.9 cm³/mol. The summed E-state index contributed by atoms with van der Waals surface area (Å²) in [6.07, 6.45) is 4.64. The van der Waals surface area contributed by atoms with Crippen molar-refractivity contribution in [3.63, 3.8) is 0 Å². The average molecular weight is 302 g/mol. The number of hydrogen-bond acceptors (Lipinski definition) is 4. The molecule has 0 aromatic rings. The van der Waals surface area contributed by atoms with Crippen LogP contribution < -0.4 is 0 Å². The van der Waals surface area contributed by atoms with Crippen LogP contribution in [0.5, 0.6) is 0 Å². The number of carbonyl (C=O) groups excluding carboxylic acids is 2. The Morgan fingerprint density at radius 3 is 2.65 bits per heavy atom. The van der Waals surface area contributed by atoms with E-state index in [9.17, 15) is 18.0 Å². The molecule has 2 saturated heterocycles. The van der Waals surface area contributed by atoms with Crippen LogP contribution in [0.15, 0.2) is 0 Å². The van der Waals surface area contributed by atoms with Gasteiger partial charge >= 0.3 is 0 Å². The van der Waals surface area contributed by atoms with Gasteiger partial charge in [-0.25, -0.2) is 8.42 Å². The van der Waals surface area contributed by atoms with Crippen molar-refractivity contribution in [1.82, 2.24) is 9.80 Å². The third-order valence-corrected chi connectivity index (χ3v) is 4.99. The molecule has 2 aliphatic rings. The molecule has 0 N–H and O–H groups in total. The number of carbonyl (C=O) groups is 2. The maximum absolute atomic E-state index is 12.5. The van der Waals surface area contributed by atoms with Crippen LogP contribution in [0.3, 0.4) is 0 Å². The summed E-state index contributed by atoms with van der Waals surface area (Å²) in [7, 11) is -3.00. The largest absolute Gasteiger partial charge is 0.340 e. The van der Waals surface area contributed by atoms with Gasteiger partial charge in [-0.1, -0.05) is 0 Å². The molecule has 2 aliphatic heterocycles. The Kier molecular flexibility index (Phi) is 4.67. The molecular weight excluding hydrogens is 280 g/mol. The second kappa shape index (κ2) is 6.11. The summed E-state index contributed by atoms with van der Waals surface area (Å²) in [6.45, 7) is 1.50. The van der Waals surface area contributed by atoms with Crippen LogP contribution in [-0.4, -0.2) is 67.7 Å². The number of nitrogens with zero attached hydrogens (tertiary/aromatic N) is 2. The fraction of sp³-hybridized carbons (Fsp3) is 0.846. The summed E-state index contributed by atoms with van der Waals surface area (Å²) in [6, 6.07) is -0.322. The van der Waals surface area contributed by atoms with E-state index in [1.165, 1.54) is 6.26 Å². The van der Waals surface area contributed by atoms with Gasteiger partial charge in [-0.2, -0.15) is 0 Å². The first-order chi connectivity index (χ1) is 9.38. The summed E-state index contributed by atoms with van der Waals surface area (Å²) in [4.78, 5) is 27.9. The normalized spacial score (nSPS) is 24.6. The summed E-state index contributed by atoms with van der Waals surface area (Å²) in [5, 5.41) is 0. The number of hydrogen-bond donors (Lipinski definition) is 0. The van der Waals surface area contributed by atoms with Gasteiger partial charge in [-0.15, -0.1) is 0 Å². The molecular formula is C13H22N2O4S. The Balaban J connectivity index is 2.00. The second-order valence-corrected chi connectivity index (χ2v) is 7.92. The molecule has 1 atom stereocenters. The van der Waals surface area contributed by atoms with E-state index in [0.717, 1.165) is 19.3 Å². The zero-order valence-electron chi connectivity index (χ0n) is 11.9. The number of amides is 2. The second-order valence-electron chi connectivity index (χ2n) is 5.66. The third kappa shape index (κ3) is 3.71. The van der Waals surface area contributed by atoms with Crippen LogP contribution in [0.25, 0.3) is 0 Å². The summed E-state index contributed by atoms with van der Waals surface area (Å²) < 4.78 is 22.3. The number of fused-ring (bicyclic) bond motifs is 1. The molecule has 7 heteroatoms. The van der Waals surface area contributed by atoms with Crippen molar-refractivity contribution in [3.8, 4) is 0 Å². The standard InChI is InChI=1S/C13H22N2O4S/c1-20(18,19)10-4-7-14-9-6-12(16)15-8-3-2-5-11(15)13(14)17/h11H,2-10H2,1H3. The van der Waals surface area contributed by atoms with Gasteiger partial charge in [0, 0.05) is 32.3 Å². The maximum Gasteiger partial charge on any atom is 0.245 e. The Bertz CT molecular complexity index is 489. The molecule has 0 aromatic carbocycles. The van der Waals surface area contributed by atoms with Crippen molar-refractivity contribution < 1.29 is 18.0 Å². The van der Waals surface area contributed by atoms with Gasteiger partial charge in [0.2, 0.25) is 11.8 Å². The van der Waals surface area contributed by atoms with Gasteiger partial charge in [0.05, 0.1) is 5.75 Å². The van der Waals surface area contributed by atoms with E-state index < -0.39 is 9.84 Å². The predicted octanol–water partition coefficient (Wildman–Crippen LogP) is 0.0345. The summed E-state index contributed by atoms with van der Waals surface area (Å²) in [5.41, 5.74) is 0. The molecule has 114 valence electrons. The van der Waals surface area contributed by atoms with Gasteiger partial charge in [0.25, 0.3) is 0 Å². The highest BCUT2D eigenvalue weighted by Crippen LogP contribution is 2.22. The number of rotatable bonds is 4. The van der Waals surface area contributed by atoms with Crippen LogP contribution in [0.4, 0.5) is 0 Å². The monoisotopic (exact) mass is 302 g/mol. The van der Waals surface area contributed by atoms with E-state index in [1.807, 2.05) is 0 Å². The van der Waals surface area contributed by atoms with Crippen LogP contribution in [0, 0.1) is 0 Å². The van der Waals surface area contributed by atoms with Gasteiger partial charge in [-0.05, 0) is 25.7 Å². The van der Waals surface area contributed by atoms with Gasteiger partial charge in [0.1, 0.15) is 15.9 Å². The zero-order valence-corrected chi connectivity index (χ0v) is 12.7. The van der Waals surface area contributed by atoms with Gasteiger partial charge < -0.3 is 9.80 Å². The van der Waals surface area contributed by atoms with Gasteiger partial charge in [0.15, 0.2) is 0 Å². The Morgan fingerprint density at radius 2 is 1.95 bits per heavy atom. The highest BCUT2D eigenvalue weighted by molar-refractivity contribution is 7.90. The van der Waals surface area contributed by atoms with Crippen molar-refractivity contribution in [1.29, 1.82) is 0 Å². The Hall–Kier alpha value is -1.11. The van der Waals surface area contributed by atoms with E-state index in [2.05, 4.69) is 0 Å². The molecule has 6 nitrogen and oxygen atoms in total. The van der Waals surface area contributed by atoms with Crippen molar-refractivity contribution in [2.75, 3.05) is 31.6 Å². The van der Waals surface area contributed by atoms with E-state index in [4.69, 9.17) is 0 Å². The minimum absolute atomic E-state index is 0.0101. The molecule has 0 aromatic heterocycles. The average Bonchev–Trinajstić information content (AvgIpc) is 2.50. The quantitative estimate of drug-likeness (QED) is 0.734. The molecule has 0 bridgehead atoms. The van der Waals surface area contributed by atoms with Crippen molar-refractivity contribution in [3.05, 3.63) is 0 Å². The molecule has 1 unspecified atom stereocenters. The molecule has 0 saturated carbocycles. The highest BCUT2D eigenvalue weighted by atomic mass is 32.2. The number of piperidine rings is 1. The lowest BCUT2D eigenvalue weighted by molar-refractivity contribution is -0.143. The lowest BCUT2D eigenvalue weighted by atomic mass is 10.0. The molecule has 2 heterocycles. The SMILES string of the molecule is CS(=O)(=O)CCCN1CCC(=O)N2CCCCC2C1=O. The first-order valence-corrected chi connectivity index (χ1v) is 9.20. The van der Waals surface area contributed by atoms with Crippen molar-refractivity contribution >= 4 is 21.7 Å². The highest BCUT2D eigenvalue weighted by Gasteiger charge is 2.37. The lowest BCUT2D eigenvalue weighted by Gasteiger charge is -2.34. The van der Waals surface area contributed by atoms with E-state index in [0.29, 0.717) is 32.5 Å². The van der Waals surface area contributed by atoms with Crippen molar-refractivity contribution in [2.45, 2.75) is 38.1 Å². The molecule has 0 aliphatic carbocycles. The van der Waals surface area contributed by atoms with Crippen LogP contribution in [0.2, 0.25) is 0 Å². The minimum Gasteiger partial charge on any atom is -0.340 e. The van der Waals surface area contributed by atoms with Crippen LogP contribution in [-0.2, 0) is 19.4 Å². The summed E-state index contributed by atoms with van der Waals surface area (Å²) in [5.74, 6) is 0.122. The molecule has 20 heavy (non-hydrogen) atoms. The third-order valence-electron chi connectivity index (χ3n) is 3.96. The fourth-order valence-electron chi connectivity index (χ4n) is 2.92. The Labute approximate surface area is 120 Å². The first-order valence-electron chi connectivity index (χ1n) is 7.14. The summed E-state index contributed by atoms with van der Waals surface area (Å²) >= 11 is 0. The zero-order chi connectivity index (χ0) is 14.8. The topological polar surface area (TPSA) is 74.8 Å². The smallest absolute Gasteiger partial charge is 0.245 e. The first kappa shape index (κ1) is 15.3. The van der Waals surface area contributed by atoms with E-state index in [-0.39, 0.29) is 23.6 Å². The van der Waals surface area contributed by atoms with Crippen LogP contribution in [0.1, 0.15) is 32.1 Å². The van der Waals surface area contributed by atoms with Crippen LogP contribution >= 0.6 is 0 Å². The molecule has 0 spiro atoms. The lowest BCUT2D eigenvalue weighted by Crippen LogP contribution is -2.49. The molecule has 2 rings (SSSR count). The molecule has 2 amide bonds. The van der Waals surface area contributed by atoms with E-state index >= 15 is 0 Å². The molecule has 0 radical (unpaired) electrons. The molecule has 2 fully saturated rings. The fourth-order valence-corrected chi connectivity index (χ4v) is 3.58. The maximum atomic E-state index is 12.5. The Morgan fingerprint density at radius 1 is 1.20 bits per heavy atom. The minimum atomic E-state index is -3.00. The van der Waals surface area contributed by atoms with E-state index in [1.54, 1.807) is 9.80 Å². The van der Waals surface area contributed by atoms with Gasteiger partial charge in [-0.3, -0.25) is 9.59 Å². The number of sulfone groups is 1.